The number of H-pyrrole nitrogens is 1. The van der Waals surface area contributed by atoms with Gasteiger partial charge in [0.1, 0.15) is 5.60 Å². The van der Waals surface area contributed by atoms with E-state index < -0.39 is 15.6 Å². The molecule has 1 spiro atoms. The van der Waals surface area contributed by atoms with Crippen LogP contribution in [0, 0.1) is 0 Å². The number of sulfonamides is 1. The maximum absolute atomic E-state index is 12.7. The van der Waals surface area contributed by atoms with E-state index in [1.165, 1.54) is 5.56 Å². The van der Waals surface area contributed by atoms with Crippen molar-refractivity contribution in [3.05, 3.63) is 53.3 Å². The van der Waals surface area contributed by atoms with E-state index in [2.05, 4.69) is 10.2 Å². The maximum Gasteiger partial charge on any atom is 0.214 e. The van der Waals surface area contributed by atoms with Gasteiger partial charge in [-0.15, -0.1) is 0 Å². The van der Waals surface area contributed by atoms with Crippen molar-refractivity contribution in [1.82, 2.24) is 14.5 Å². The number of aromatic amines is 1. The van der Waals surface area contributed by atoms with Crippen molar-refractivity contribution < 1.29 is 13.2 Å². The first-order valence-electron chi connectivity index (χ1n) is 8.78. The lowest BCUT2D eigenvalue weighted by Crippen LogP contribution is -2.49. The van der Waals surface area contributed by atoms with Crippen LogP contribution in [0.25, 0.3) is 0 Å². The fraction of sp³-hybridized carbons (Fsp3) is 0.500. The van der Waals surface area contributed by atoms with Crippen LogP contribution in [0.2, 0.25) is 0 Å². The number of aromatic nitrogens is 2. The molecule has 1 aromatic heterocycles. The molecule has 1 N–H and O–H groups in total. The number of rotatable bonds is 4. The number of fused-ring (bicyclic) bond motifs is 2. The second-order valence-electron chi connectivity index (χ2n) is 6.81. The highest BCUT2D eigenvalue weighted by molar-refractivity contribution is 7.89. The second kappa shape index (κ2) is 6.55. The molecule has 4 rings (SSSR count). The molecule has 1 saturated heterocycles. The van der Waals surface area contributed by atoms with Crippen molar-refractivity contribution in [2.45, 2.75) is 31.3 Å². The number of hydrogen-bond donors (Lipinski definition) is 1. The van der Waals surface area contributed by atoms with Crippen LogP contribution in [0.4, 0.5) is 0 Å². The normalized spacial score (nSPS) is 20.5. The Kier molecular flexibility index (Phi) is 4.39. The molecule has 0 bridgehead atoms. The van der Waals surface area contributed by atoms with Gasteiger partial charge in [-0.1, -0.05) is 30.3 Å². The van der Waals surface area contributed by atoms with Gasteiger partial charge < -0.3 is 4.74 Å². The third-order valence-electron chi connectivity index (χ3n) is 5.34. The average molecular weight is 361 g/mol. The van der Waals surface area contributed by atoms with Crippen LogP contribution in [0.5, 0.6) is 0 Å². The van der Waals surface area contributed by atoms with Crippen molar-refractivity contribution >= 4 is 10.0 Å². The fourth-order valence-corrected chi connectivity index (χ4v) is 5.35. The summed E-state index contributed by atoms with van der Waals surface area (Å²) < 4.78 is 33.1. The lowest BCUT2D eigenvalue weighted by Gasteiger charge is -2.42. The molecular formula is C18H23N3O3S. The van der Waals surface area contributed by atoms with E-state index in [4.69, 9.17) is 4.74 Å². The van der Waals surface area contributed by atoms with Crippen LogP contribution in [0.15, 0.2) is 36.5 Å². The van der Waals surface area contributed by atoms with Gasteiger partial charge in [0, 0.05) is 13.1 Å². The Hall–Kier alpha value is -1.70. The Balaban J connectivity index is 1.42. The van der Waals surface area contributed by atoms with Crippen molar-refractivity contribution in [2.75, 3.05) is 25.4 Å². The van der Waals surface area contributed by atoms with Crippen LogP contribution in [0.1, 0.15) is 29.7 Å². The molecule has 0 saturated carbocycles. The zero-order valence-electron chi connectivity index (χ0n) is 14.1. The Morgan fingerprint density at radius 1 is 1.20 bits per heavy atom. The predicted octanol–water partition coefficient (Wildman–Crippen LogP) is 1.85. The van der Waals surface area contributed by atoms with Crippen molar-refractivity contribution in [3.8, 4) is 0 Å². The Morgan fingerprint density at radius 3 is 2.72 bits per heavy atom. The molecule has 0 atom stereocenters. The van der Waals surface area contributed by atoms with Gasteiger partial charge in [-0.3, -0.25) is 5.10 Å². The fourth-order valence-electron chi connectivity index (χ4n) is 3.86. The third kappa shape index (κ3) is 3.23. The monoisotopic (exact) mass is 361 g/mol. The van der Waals surface area contributed by atoms with E-state index in [9.17, 15) is 8.42 Å². The first-order chi connectivity index (χ1) is 12.1. The van der Waals surface area contributed by atoms with Gasteiger partial charge >= 0.3 is 0 Å². The summed E-state index contributed by atoms with van der Waals surface area (Å²) in [7, 11) is -3.25. The van der Waals surface area contributed by atoms with Crippen LogP contribution in [-0.2, 0) is 33.2 Å². The SMILES string of the molecule is O=S(=O)(CCc1ccccc1)N1CCC2(CC1)OCCc1cn[nH]c12. The molecule has 134 valence electrons. The smallest absolute Gasteiger partial charge is 0.214 e. The lowest BCUT2D eigenvalue weighted by atomic mass is 9.84. The standard InChI is InChI=1S/C18H23N3O3S/c22-25(23,13-7-15-4-2-1-3-5-15)21-10-8-18(9-11-21)17-16(6-12-24-18)14-19-20-17/h1-5,14H,6-13H2,(H,19,20). The summed E-state index contributed by atoms with van der Waals surface area (Å²) in [5.41, 5.74) is 2.90. The van der Waals surface area contributed by atoms with Crippen LogP contribution >= 0.6 is 0 Å². The summed E-state index contributed by atoms with van der Waals surface area (Å²) in [6, 6.07) is 9.76. The minimum absolute atomic E-state index is 0.153. The van der Waals surface area contributed by atoms with E-state index in [0.29, 0.717) is 39.0 Å². The Bertz CT molecular complexity index is 824. The zero-order valence-corrected chi connectivity index (χ0v) is 15.0. The number of hydrogen-bond acceptors (Lipinski definition) is 4. The molecule has 2 aliphatic heterocycles. The van der Waals surface area contributed by atoms with E-state index in [1.54, 1.807) is 4.31 Å². The zero-order chi connectivity index (χ0) is 17.3. The largest absolute Gasteiger partial charge is 0.368 e. The van der Waals surface area contributed by atoms with Crippen molar-refractivity contribution in [1.29, 1.82) is 0 Å². The van der Waals surface area contributed by atoms with Gasteiger partial charge in [0.25, 0.3) is 0 Å². The van der Waals surface area contributed by atoms with E-state index >= 15 is 0 Å². The molecule has 0 aliphatic carbocycles. The number of piperidine rings is 1. The summed E-state index contributed by atoms with van der Waals surface area (Å²) in [6.45, 7) is 1.67. The highest BCUT2D eigenvalue weighted by atomic mass is 32.2. The molecule has 3 heterocycles. The highest BCUT2D eigenvalue weighted by Gasteiger charge is 2.44. The van der Waals surface area contributed by atoms with E-state index in [0.717, 1.165) is 17.7 Å². The molecular weight excluding hydrogens is 338 g/mol. The molecule has 2 aliphatic rings. The number of benzene rings is 1. The topological polar surface area (TPSA) is 75.3 Å². The van der Waals surface area contributed by atoms with Crippen molar-refractivity contribution in [2.24, 2.45) is 0 Å². The number of nitrogens with one attached hydrogen (secondary N) is 1. The van der Waals surface area contributed by atoms with Gasteiger partial charge in [-0.05, 0) is 36.8 Å². The summed E-state index contributed by atoms with van der Waals surface area (Å²) in [6.07, 6.45) is 4.63. The summed E-state index contributed by atoms with van der Waals surface area (Å²) in [4.78, 5) is 0. The quantitative estimate of drug-likeness (QED) is 0.902. The van der Waals surface area contributed by atoms with Crippen LogP contribution < -0.4 is 0 Å². The third-order valence-corrected chi connectivity index (χ3v) is 7.21. The highest BCUT2D eigenvalue weighted by Crippen LogP contribution is 2.40. The molecule has 0 unspecified atom stereocenters. The molecule has 1 fully saturated rings. The number of aryl methyl sites for hydroxylation is 1. The Morgan fingerprint density at radius 2 is 1.96 bits per heavy atom. The number of ether oxygens (including phenoxy) is 1. The molecule has 0 radical (unpaired) electrons. The molecule has 7 heteroatoms. The molecule has 25 heavy (non-hydrogen) atoms. The van der Waals surface area contributed by atoms with Gasteiger partial charge in [0.2, 0.25) is 10.0 Å². The predicted molar refractivity (Wildman–Crippen MR) is 94.7 cm³/mol. The first-order valence-corrected chi connectivity index (χ1v) is 10.4. The molecule has 2 aromatic rings. The minimum atomic E-state index is -3.25. The van der Waals surface area contributed by atoms with E-state index in [1.807, 2.05) is 36.5 Å². The summed E-state index contributed by atoms with van der Waals surface area (Å²) in [5.74, 6) is 0.153. The van der Waals surface area contributed by atoms with Gasteiger partial charge in [0.15, 0.2) is 0 Å². The first kappa shape index (κ1) is 16.8. The summed E-state index contributed by atoms with van der Waals surface area (Å²) >= 11 is 0. The molecule has 1 aromatic carbocycles. The second-order valence-corrected chi connectivity index (χ2v) is 8.90. The average Bonchev–Trinajstić information content (AvgIpc) is 3.12. The minimum Gasteiger partial charge on any atom is -0.368 e. The van der Waals surface area contributed by atoms with E-state index in [-0.39, 0.29) is 5.75 Å². The van der Waals surface area contributed by atoms with Gasteiger partial charge in [0.05, 0.1) is 24.3 Å². The van der Waals surface area contributed by atoms with Crippen molar-refractivity contribution in [3.63, 3.8) is 0 Å². The Labute approximate surface area is 148 Å². The van der Waals surface area contributed by atoms with Crippen LogP contribution in [0.3, 0.4) is 0 Å². The van der Waals surface area contributed by atoms with Gasteiger partial charge in [-0.2, -0.15) is 5.10 Å². The van der Waals surface area contributed by atoms with Gasteiger partial charge in [-0.25, -0.2) is 12.7 Å². The summed E-state index contributed by atoms with van der Waals surface area (Å²) in [5, 5.41) is 7.22. The van der Waals surface area contributed by atoms with Crippen LogP contribution in [-0.4, -0.2) is 48.4 Å². The maximum atomic E-state index is 12.7. The molecule has 6 nitrogen and oxygen atoms in total. The number of nitrogens with zero attached hydrogens (tertiary/aromatic N) is 2. The molecule has 0 amide bonds. The lowest BCUT2D eigenvalue weighted by molar-refractivity contribution is -0.0919.